The van der Waals surface area contributed by atoms with Gasteiger partial charge in [0.15, 0.2) is 13.3 Å². The molecule has 2 aliphatic heterocycles. The van der Waals surface area contributed by atoms with Crippen LogP contribution in [0.5, 0.6) is 0 Å². The zero-order valence-corrected chi connectivity index (χ0v) is 44.5. The molecule has 5 heterocycles. The first-order chi connectivity index (χ1) is 34.9. The van der Waals surface area contributed by atoms with Gasteiger partial charge in [-0.2, -0.15) is 13.2 Å². The van der Waals surface area contributed by atoms with Crippen LogP contribution >= 0.6 is 30.4 Å². The summed E-state index contributed by atoms with van der Waals surface area (Å²) in [4.78, 5) is 45.1. The Bertz CT molecular complexity index is 3000. The molecule has 1 saturated heterocycles. The van der Waals surface area contributed by atoms with Crippen molar-refractivity contribution >= 4 is 75.5 Å². The monoisotopic (exact) mass is 1060 g/mol. The molecule has 73 heavy (non-hydrogen) atoms. The number of aliphatic imine (C=N–C) groups is 1. The van der Waals surface area contributed by atoms with Crippen LogP contribution in [0.2, 0.25) is 5.02 Å². The molecule has 3 aromatic heterocycles. The van der Waals surface area contributed by atoms with Gasteiger partial charge in [0.1, 0.15) is 28.7 Å². The average Bonchev–Trinajstić information content (AvgIpc) is 3.97. The molecule has 13 nitrogen and oxygen atoms in total. The van der Waals surface area contributed by atoms with Crippen LogP contribution in [0, 0.1) is 32.6 Å². The Hall–Kier alpha value is -5.76. The Balaban J connectivity index is 0.736. The van der Waals surface area contributed by atoms with Crippen LogP contribution in [-0.2, 0) is 16.1 Å². The molecule has 8 rings (SSSR count). The van der Waals surface area contributed by atoms with Crippen LogP contribution in [0.15, 0.2) is 77.8 Å². The molecule has 6 aromatic rings. The van der Waals surface area contributed by atoms with Crippen LogP contribution in [0.1, 0.15) is 96.3 Å². The van der Waals surface area contributed by atoms with E-state index >= 15 is 0 Å². The number of nitrogens with one attached hydrogen (secondary N) is 4. The van der Waals surface area contributed by atoms with E-state index in [1.165, 1.54) is 9.44 Å². The molecule has 1 atom stereocenters. The predicted molar refractivity (Wildman–Crippen MR) is 291 cm³/mol. The van der Waals surface area contributed by atoms with E-state index in [0.717, 1.165) is 94.9 Å². The average molecular weight is 1060 g/mol. The van der Waals surface area contributed by atoms with Gasteiger partial charge in [0, 0.05) is 70.0 Å². The Morgan fingerprint density at radius 2 is 1.59 bits per heavy atom. The van der Waals surface area contributed by atoms with E-state index in [-0.39, 0.29) is 36.5 Å². The zero-order valence-electron chi connectivity index (χ0n) is 42.0. The van der Waals surface area contributed by atoms with Gasteiger partial charge in [-0.15, -0.1) is 21.5 Å². The van der Waals surface area contributed by atoms with Crippen LogP contribution in [-0.4, -0.2) is 111 Å². The fraction of sp³-hybridized carbons (Fsp3) is 0.426. The van der Waals surface area contributed by atoms with E-state index in [4.69, 9.17) is 16.6 Å². The second-order valence-electron chi connectivity index (χ2n) is 19.3. The third-order valence-corrected chi connectivity index (χ3v) is 16.4. The number of carbonyl (C=O) groups excluding carboxylic acids is 2. The van der Waals surface area contributed by atoms with E-state index in [1.54, 1.807) is 29.5 Å². The number of alkyl halides is 3. The number of amides is 2. The number of hydrogen-bond donors (Lipinski definition) is 5. The van der Waals surface area contributed by atoms with Crippen molar-refractivity contribution in [1.82, 2.24) is 34.9 Å². The van der Waals surface area contributed by atoms with Gasteiger partial charge in [-0.1, -0.05) is 55.0 Å². The van der Waals surface area contributed by atoms with Crippen LogP contribution in [0.25, 0.3) is 15.9 Å². The fourth-order valence-electron chi connectivity index (χ4n) is 9.42. The summed E-state index contributed by atoms with van der Waals surface area (Å²) in [7, 11) is -2.13. The first-order valence-electron chi connectivity index (χ1n) is 24.9. The number of aryl methyl sites for hydroxylation is 2. The molecule has 3 aromatic carbocycles. The summed E-state index contributed by atoms with van der Waals surface area (Å²) in [5.74, 6) is 7.25. The Morgan fingerprint density at radius 1 is 0.904 bits per heavy atom. The lowest BCUT2D eigenvalue weighted by Crippen LogP contribution is -2.44. The number of halogens is 4. The van der Waals surface area contributed by atoms with Crippen LogP contribution in [0.4, 0.5) is 24.5 Å². The van der Waals surface area contributed by atoms with E-state index in [2.05, 4.69) is 62.1 Å². The number of thiophene rings is 1. The third kappa shape index (κ3) is 13.7. The quantitative estimate of drug-likeness (QED) is 0.0306. The van der Waals surface area contributed by atoms with Crippen molar-refractivity contribution in [2.24, 2.45) is 4.99 Å². The summed E-state index contributed by atoms with van der Waals surface area (Å²) < 4.78 is 44.8. The molecular formula is C54H64ClF3N10O3PS+. The molecule has 0 saturated carbocycles. The lowest BCUT2D eigenvalue weighted by atomic mass is 9.99. The van der Waals surface area contributed by atoms with Gasteiger partial charge < -0.3 is 25.8 Å². The van der Waals surface area contributed by atoms with Crippen molar-refractivity contribution in [2.45, 2.75) is 96.9 Å². The number of rotatable bonds is 19. The number of carbonyl (C=O) groups is 2. The molecule has 0 unspecified atom stereocenters. The standard InChI is InChI=1S/C54H63ClF3N10O3PS/c1-35-36(2)73-53-50(35)51(38-16-18-39(55)19-17-38)63-46(52-65-64-37(3)68(52)53)32-48(69)60-26-9-7-6-8-10-27-61-49(70)33-66-29-24-41(25-30-66)62-45-14-11-15-47-44(45)31-42(67(47)34-54(56,57)58)13-12-28-59-40-20-22-43(23-21-40)72(4,5)71/h11,14-23,31,41,46,59,62,71H,6-10,24-30,32-34H2,1-5H3,(H-,60,61,69,70)/p+1/t46-/m0/s1. The van der Waals surface area contributed by atoms with Crippen LogP contribution in [0.3, 0.4) is 0 Å². The number of anilines is 2. The predicted octanol–water partition coefficient (Wildman–Crippen LogP) is 9.74. The second-order valence-corrected chi connectivity index (χ2v) is 24.3. The maximum Gasteiger partial charge on any atom is 0.406 e. The number of aromatic nitrogens is 4. The first kappa shape index (κ1) is 53.5. The zero-order chi connectivity index (χ0) is 51.9. The first-order valence-corrected chi connectivity index (χ1v) is 28.7. The minimum Gasteiger partial charge on any atom is -0.382 e. The number of piperidine rings is 1. The molecule has 0 spiro atoms. The Kier molecular flexibility index (Phi) is 17.3. The summed E-state index contributed by atoms with van der Waals surface area (Å²) in [6.45, 7) is 11.7. The normalized spacial score (nSPS) is 15.2. The van der Waals surface area contributed by atoms with Crippen molar-refractivity contribution < 1.29 is 27.7 Å². The van der Waals surface area contributed by atoms with Gasteiger partial charge in [0.2, 0.25) is 11.8 Å². The summed E-state index contributed by atoms with van der Waals surface area (Å²) in [5, 5.41) is 25.0. The SMILES string of the molecule is Cc1sc2c(c1C)C(c1ccc(Cl)cc1)=N[C@@H](CC(=O)NCCCCCCCNC(=O)CN1CCC(Nc3cccc4c3cc(C#CCNc3ccc([P+](C)(C)O)cc3)n4CC(F)(F)F)CC1)c1nnc(C)n1-2. The molecule has 386 valence electrons. The highest BCUT2D eigenvalue weighted by Gasteiger charge is 2.33. The topological polar surface area (TPSA) is 154 Å². The van der Waals surface area contributed by atoms with Crippen molar-refractivity contribution in [3.8, 4) is 16.8 Å². The van der Waals surface area contributed by atoms with Gasteiger partial charge in [-0.3, -0.25) is 24.0 Å². The fourth-order valence-corrected chi connectivity index (χ4v) is 11.6. The minimum atomic E-state index is -4.43. The maximum absolute atomic E-state index is 13.8. The van der Waals surface area contributed by atoms with Crippen molar-refractivity contribution in [1.29, 1.82) is 0 Å². The maximum atomic E-state index is 13.8. The number of fused-ring (bicyclic) bond motifs is 4. The number of likely N-dealkylation sites (tertiary alicyclic amines) is 1. The smallest absolute Gasteiger partial charge is 0.382 e. The Morgan fingerprint density at radius 3 is 2.27 bits per heavy atom. The summed E-state index contributed by atoms with van der Waals surface area (Å²) >= 11 is 7.93. The molecule has 2 amide bonds. The number of nitrogens with zero attached hydrogens (tertiary/aromatic N) is 6. The Labute approximate surface area is 434 Å². The van der Waals surface area contributed by atoms with Gasteiger partial charge in [-0.25, -0.2) is 4.89 Å². The molecule has 0 radical (unpaired) electrons. The van der Waals surface area contributed by atoms with Crippen molar-refractivity contribution in [3.05, 3.63) is 117 Å². The lowest BCUT2D eigenvalue weighted by molar-refractivity contribution is -0.140. The molecule has 5 N–H and O–H groups in total. The van der Waals surface area contributed by atoms with Crippen molar-refractivity contribution in [3.63, 3.8) is 0 Å². The summed E-state index contributed by atoms with van der Waals surface area (Å²) in [5.41, 5.74) is 6.19. The largest absolute Gasteiger partial charge is 0.406 e. The third-order valence-electron chi connectivity index (χ3n) is 13.4. The van der Waals surface area contributed by atoms with Gasteiger partial charge in [0.05, 0.1) is 49.8 Å². The van der Waals surface area contributed by atoms with E-state index in [0.29, 0.717) is 54.5 Å². The molecule has 19 heteroatoms. The lowest BCUT2D eigenvalue weighted by Gasteiger charge is -2.32. The number of unbranched alkanes of at least 4 members (excludes halogenated alkanes) is 4. The molecule has 0 bridgehead atoms. The van der Waals surface area contributed by atoms with Gasteiger partial charge in [0.25, 0.3) is 0 Å². The highest BCUT2D eigenvalue weighted by Crippen LogP contribution is 2.44. The molecule has 0 aliphatic carbocycles. The van der Waals surface area contributed by atoms with E-state index in [1.807, 2.05) is 79.4 Å². The van der Waals surface area contributed by atoms with Crippen molar-refractivity contribution in [2.75, 3.05) is 63.2 Å². The van der Waals surface area contributed by atoms with Crippen LogP contribution < -0.4 is 26.6 Å². The minimum absolute atomic E-state index is 0.00820. The van der Waals surface area contributed by atoms with E-state index in [9.17, 15) is 27.7 Å². The molecule has 1 fully saturated rings. The molecular weight excluding hydrogens is 992 g/mol. The second kappa shape index (κ2) is 23.6. The summed E-state index contributed by atoms with van der Waals surface area (Å²) in [6, 6.07) is 21.7. The van der Waals surface area contributed by atoms with Gasteiger partial charge >= 0.3 is 6.18 Å². The van der Waals surface area contributed by atoms with E-state index < -0.39 is 26.3 Å². The molecule has 2 aliphatic rings. The highest BCUT2D eigenvalue weighted by molar-refractivity contribution is 7.76. The highest BCUT2D eigenvalue weighted by atomic mass is 35.5. The summed E-state index contributed by atoms with van der Waals surface area (Å²) in [6.07, 6.45) is 1.88. The number of benzene rings is 3. The number of hydrogen-bond acceptors (Lipinski definition) is 10. The van der Waals surface area contributed by atoms with Gasteiger partial charge in [-0.05, 0) is 113 Å².